The number of anilines is 2. The Morgan fingerprint density at radius 2 is 1.13 bits per heavy atom. The van der Waals surface area contributed by atoms with Gasteiger partial charge in [-0.3, -0.25) is 9.59 Å². The molecule has 0 aromatic heterocycles. The molecule has 0 aliphatic heterocycles. The van der Waals surface area contributed by atoms with Crippen molar-refractivity contribution in [2.24, 2.45) is 0 Å². The molecule has 0 saturated heterocycles. The first-order chi connectivity index (χ1) is 14.6. The number of carbonyl (C=O) groups is 2. The summed E-state index contributed by atoms with van der Waals surface area (Å²) in [6.45, 7) is 0.851. The molecule has 2 N–H and O–H groups in total. The van der Waals surface area contributed by atoms with Gasteiger partial charge >= 0.3 is 0 Å². The molecule has 0 aliphatic rings. The Morgan fingerprint density at radius 3 is 1.53 bits per heavy atom. The van der Waals surface area contributed by atoms with Gasteiger partial charge in [-0.1, -0.05) is 24.3 Å². The predicted octanol–water partition coefficient (Wildman–Crippen LogP) is 3.63. The van der Waals surface area contributed by atoms with Crippen molar-refractivity contribution >= 4 is 23.2 Å². The molecule has 2 aromatic rings. The maximum Gasteiger partial charge on any atom is 0.238 e. The molecule has 154 valence electrons. The molecular formula is C22H22N4O4. The van der Waals surface area contributed by atoms with Crippen molar-refractivity contribution in [1.82, 2.24) is 0 Å². The highest BCUT2D eigenvalue weighted by molar-refractivity contribution is 5.94. The van der Waals surface area contributed by atoms with Gasteiger partial charge in [0, 0.05) is 0 Å². The van der Waals surface area contributed by atoms with E-state index in [0.717, 1.165) is 0 Å². The van der Waals surface area contributed by atoms with E-state index in [1.165, 1.54) is 0 Å². The summed E-state index contributed by atoms with van der Waals surface area (Å²) in [7, 11) is 0. The molecular weight excluding hydrogens is 384 g/mol. The van der Waals surface area contributed by atoms with Gasteiger partial charge in [-0.25, -0.2) is 0 Å². The first kappa shape index (κ1) is 22.3. The van der Waals surface area contributed by atoms with Gasteiger partial charge in [0.2, 0.25) is 11.8 Å². The summed E-state index contributed by atoms with van der Waals surface area (Å²) in [5, 5.41) is 22.5. The third kappa shape index (κ3) is 7.53. The number of para-hydroxylation sites is 4. The predicted molar refractivity (Wildman–Crippen MR) is 111 cm³/mol. The number of amides is 2. The molecule has 0 unspecified atom stereocenters. The fourth-order valence-electron chi connectivity index (χ4n) is 2.49. The topological polar surface area (TPSA) is 124 Å². The lowest BCUT2D eigenvalue weighted by molar-refractivity contribution is -0.116. The highest BCUT2D eigenvalue weighted by Gasteiger charge is 2.08. The van der Waals surface area contributed by atoms with Gasteiger partial charge in [0.25, 0.3) is 0 Å². The smallest absolute Gasteiger partial charge is 0.238 e. The van der Waals surface area contributed by atoms with Crippen LogP contribution in [0.25, 0.3) is 0 Å². The van der Waals surface area contributed by atoms with Crippen molar-refractivity contribution < 1.29 is 19.1 Å². The van der Waals surface area contributed by atoms with Crippen molar-refractivity contribution in [3.63, 3.8) is 0 Å². The first-order valence-corrected chi connectivity index (χ1v) is 9.41. The van der Waals surface area contributed by atoms with Crippen molar-refractivity contribution in [3.05, 3.63) is 48.5 Å². The molecule has 8 nitrogen and oxygen atoms in total. The van der Waals surface area contributed by atoms with E-state index in [2.05, 4.69) is 10.6 Å². The van der Waals surface area contributed by atoms with Crippen LogP contribution in [0.5, 0.6) is 11.5 Å². The van der Waals surface area contributed by atoms with Crippen LogP contribution in [0, 0.1) is 22.7 Å². The number of carbonyl (C=O) groups excluding carboxylic acids is 2. The average Bonchev–Trinajstić information content (AvgIpc) is 2.73. The standard InChI is InChI=1S/C22H22N4O4/c23-13-11-21(27)25-17-7-1-3-9-19(17)29-15-5-6-16-30-20-10-4-2-8-18(20)26-22(28)12-14-24/h1-4,7-10H,5-6,11-12,15-16H2,(H,25,27)(H,26,28). The highest BCUT2D eigenvalue weighted by Crippen LogP contribution is 2.25. The molecule has 0 heterocycles. The molecule has 8 heteroatoms. The minimum atomic E-state index is -0.387. The van der Waals surface area contributed by atoms with Gasteiger partial charge in [-0.2, -0.15) is 10.5 Å². The minimum Gasteiger partial charge on any atom is -0.491 e. The third-order valence-electron chi connectivity index (χ3n) is 3.86. The van der Waals surface area contributed by atoms with Gasteiger partial charge < -0.3 is 20.1 Å². The van der Waals surface area contributed by atoms with Crippen molar-refractivity contribution in [2.45, 2.75) is 25.7 Å². The lowest BCUT2D eigenvalue weighted by Crippen LogP contribution is -2.12. The van der Waals surface area contributed by atoms with E-state index < -0.39 is 0 Å². The maximum absolute atomic E-state index is 11.6. The van der Waals surface area contributed by atoms with Crippen molar-refractivity contribution in [3.8, 4) is 23.6 Å². The first-order valence-electron chi connectivity index (χ1n) is 9.41. The lowest BCUT2D eigenvalue weighted by atomic mass is 10.2. The van der Waals surface area contributed by atoms with Crippen molar-refractivity contribution in [1.29, 1.82) is 10.5 Å². The number of nitrogens with one attached hydrogen (secondary N) is 2. The average molecular weight is 406 g/mol. The summed E-state index contributed by atoms with van der Waals surface area (Å²) in [6, 6.07) is 17.7. The SMILES string of the molecule is N#CCC(=O)Nc1ccccc1OCCCCOc1ccccc1NC(=O)CC#N. The van der Waals surface area contributed by atoms with E-state index >= 15 is 0 Å². The van der Waals surface area contributed by atoms with Gasteiger partial charge in [-0.05, 0) is 37.1 Å². The van der Waals surface area contributed by atoms with Crippen LogP contribution < -0.4 is 20.1 Å². The summed E-state index contributed by atoms with van der Waals surface area (Å²) >= 11 is 0. The fraction of sp³-hybridized carbons (Fsp3) is 0.273. The Hall–Kier alpha value is -4.04. The Bertz CT molecular complexity index is 869. The second-order valence-corrected chi connectivity index (χ2v) is 6.16. The summed E-state index contributed by atoms with van der Waals surface area (Å²) in [5.41, 5.74) is 1.05. The van der Waals surface area contributed by atoms with Crippen LogP contribution in [0.2, 0.25) is 0 Å². The normalized spacial score (nSPS) is 9.67. The van der Waals surface area contributed by atoms with Crippen LogP contribution in [0.1, 0.15) is 25.7 Å². The molecule has 0 spiro atoms. The number of rotatable bonds is 11. The molecule has 0 saturated carbocycles. The molecule has 0 bridgehead atoms. The Kier molecular flexibility index (Phi) is 9.22. The second-order valence-electron chi connectivity index (χ2n) is 6.16. The van der Waals surface area contributed by atoms with Crippen LogP contribution in [0.15, 0.2) is 48.5 Å². The van der Waals surface area contributed by atoms with Crippen molar-refractivity contribution in [2.75, 3.05) is 23.8 Å². The number of nitriles is 2. The molecule has 0 atom stereocenters. The number of hydrogen-bond donors (Lipinski definition) is 2. The summed E-state index contributed by atoms with van der Waals surface area (Å²) in [6.07, 6.45) is 0.987. The van der Waals surface area contributed by atoms with Crippen LogP contribution in [0.3, 0.4) is 0 Å². The monoisotopic (exact) mass is 406 g/mol. The maximum atomic E-state index is 11.6. The molecule has 2 amide bonds. The van der Waals surface area contributed by atoms with E-state index in [1.54, 1.807) is 60.7 Å². The highest BCUT2D eigenvalue weighted by atomic mass is 16.5. The van der Waals surface area contributed by atoms with Crippen LogP contribution in [0.4, 0.5) is 11.4 Å². The number of nitrogens with zero attached hydrogens (tertiary/aromatic N) is 2. The molecule has 2 rings (SSSR count). The Balaban J connectivity index is 1.76. The number of ether oxygens (including phenoxy) is 2. The van der Waals surface area contributed by atoms with E-state index in [0.29, 0.717) is 48.9 Å². The van der Waals surface area contributed by atoms with Crippen LogP contribution in [-0.4, -0.2) is 25.0 Å². The van der Waals surface area contributed by atoms with E-state index in [4.69, 9.17) is 20.0 Å². The second kappa shape index (κ2) is 12.4. The quantitative estimate of drug-likeness (QED) is 0.549. The summed E-state index contributed by atoms with van der Waals surface area (Å²) in [4.78, 5) is 23.2. The molecule has 0 aliphatic carbocycles. The molecule has 0 radical (unpaired) electrons. The number of benzene rings is 2. The zero-order valence-corrected chi connectivity index (χ0v) is 16.4. The minimum absolute atomic E-state index is 0.218. The number of hydrogen-bond acceptors (Lipinski definition) is 6. The van der Waals surface area contributed by atoms with Crippen LogP contribution in [-0.2, 0) is 9.59 Å². The summed E-state index contributed by atoms with van der Waals surface area (Å²) in [5.74, 6) is 0.301. The Morgan fingerprint density at radius 1 is 0.733 bits per heavy atom. The van der Waals surface area contributed by atoms with E-state index in [9.17, 15) is 9.59 Å². The summed E-state index contributed by atoms with van der Waals surface area (Å²) < 4.78 is 11.5. The van der Waals surface area contributed by atoms with Gasteiger partial charge in [-0.15, -0.1) is 0 Å². The number of unbranched alkanes of at least 4 members (excludes halogenated alkanes) is 1. The van der Waals surface area contributed by atoms with Gasteiger partial charge in [0.15, 0.2) is 0 Å². The third-order valence-corrected chi connectivity index (χ3v) is 3.86. The van der Waals surface area contributed by atoms with E-state index in [1.807, 2.05) is 0 Å². The van der Waals surface area contributed by atoms with Gasteiger partial charge in [0.1, 0.15) is 24.3 Å². The fourth-order valence-corrected chi connectivity index (χ4v) is 2.49. The van der Waals surface area contributed by atoms with E-state index in [-0.39, 0.29) is 24.7 Å². The zero-order valence-electron chi connectivity index (χ0n) is 16.4. The molecule has 0 fully saturated rings. The zero-order chi connectivity index (χ0) is 21.6. The van der Waals surface area contributed by atoms with Crippen LogP contribution >= 0.6 is 0 Å². The Labute approximate surface area is 175 Å². The lowest BCUT2D eigenvalue weighted by Gasteiger charge is -2.13. The largest absolute Gasteiger partial charge is 0.491 e. The van der Waals surface area contributed by atoms with Gasteiger partial charge in [0.05, 0.1) is 36.7 Å². The molecule has 30 heavy (non-hydrogen) atoms. The molecule has 2 aromatic carbocycles.